The maximum atomic E-state index is 13.4. The highest BCUT2D eigenvalue weighted by Crippen LogP contribution is 2.15. The number of carboxylic acids is 1. The Morgan fingerprint density at radius 3 is 2.84 bits per heavy atom. The maximum Gasteiger partial charge on any atom is 0.309 e. The fourth-order valence-electron chi connectivity index (χ4n) is 1.60. The highest BCUT2D eigenvalue weighted by atomic mass is 19.1. The lowest BCUT2D eigenvalue weighted by Gasteiger charge is -1.93. The third-order valence-electron chi connectivity index (χ3n) is 2.54. The number of aromatic nitrogens is 1. The van der Waals surface area contributed by atoms with E-state index in [1.54, 1.807) is 25.1 Å². The molecule has 0 spiro atoms. The Morgan fingerprint density at radius 2 is 2.16 bits per heavy atom. The number of hydrogen-bond acceptors (Lipinski definition) is 3. The number of benzene rings is 1. The van der Waals surface area contributed by atoms with Crippen LogP contribution < -0.4 is 0 Å². The lowest BCUT2D eigenvalue weighted by Crippen LogP contribution is -2.01. The molecule has 4 nitrogen and oxygen atoms in total. The molecule has 19 heavy (non-hydrogen) atoms. The van der Waals surface area contributed by atoms with Crippen molar-refractivity contribution in [2.45, 2.75) is 13.3 Å². The van der Waals surface area contributed by atoms with Crippen molar-refractivity contribution in [2.75, 3.05) is 0 Å². The molecule has 0 fully saturated rings. The smallest absolute Gasteiger partial charge is 0.309 e. The Balaban J connectivity index is 2.20. The minimum atomic E-state index is -0.971. The molecule has 1 N–H and O–H groups in total. The fourth-order valence-corrected chi connectivity index (χ4v) is 1.60. The molecular formula is C14H12FNO3. The Kier molecular flexibility index (Phi) is 3.75. The molecule has 0 atom stereocenters. The zero-order valence-corrected chi connectivity index (χ0v) is 10.3. The van der Waals surface area contributed by atoms with Gasteiger partial charge in [0.2, 0.25) is 5.89 Å². The zero-order valence-electron chi connectivity index (χ0n) is 10.3. The first-order valence-corrected chi connectivity index (χ1v) is 5.67. The summed E-state index contributed by atoms with van der Waals surface area (Å²) in [6.07, 6.45) is 2.85. The number of rotatable bonds is 4. The van der Waals surface area contributed by atoms with E-state index in [1.165, 1.54) is 18.2 Å². The molecule has 0 radical (unpaired) electrons. The van der Waals surface area contributed by atoms with Gasteiger partial charge in [-0.1, -0.05) is 18.2 Å². The summed E-state index contributed by atoms with van der Waals surface area (Å²) in [5, 5.41) is 8.70. The summed E-state index contributed by atoms with van der Waals surface area (Å²) in [5.74, 6) is -0.596. The largest absolute Gasteiger partial charge is 0.481 e. The predicted molar refractivity (Wildman–Crippen MR) is 67.9 cm³/mol. The van der Waals surface area contributed by atoms with Crippen LogP contribution in [0.4, 0.5) is 4.39 Å². The van der Waals surface area contributed by atoms with Gasteiger partial charge in [-0.3, -0.25) is 4.79 Å². The molecule has 2 aromatic rings. The second kappa shape index (κ2) is 5.48. The SMILES string of the molecule is Cc1oc(/C=C/c2ccccc2F)nc1CC(=O)O. The van der Waals surface area contributed by atoms with Crippen LogP contribution in [0.3, 0.4) is 0 Å². The van der Waals surface area contributed by atoms with Gasteiger partial charge in [0.25, 0.3) is 0 Å². The number of aliphatic carboxylic acids is 1. The van der Waals surface area contributed by atoms with Gasteiger partial charge < -0.3 is 9.52 Å². The van der Waals surface area contributed by atoms with E-state index in [2.05, 4.69) is 4.98 Å². The summed E-state index contributed by atoms with van der Waals surface area (Å²) in [5.41, 5.74) is 0.791. The standard InChI is InChI=1S/C14H12FNO3/c1-9-12(8-14(17)18)16-13(19-9)7-6-10-4-2-3-5-11(10)15/h2-7H,8H2,1H3,(H,17,18)/b7-6+. The molecule has 0 aliphatic rings. The van der Waals surface area contributed by atoms with Crippen molar-refractivity contribution >= 4 is 18.1 Å². The molecule has 0 amide bonds. The maximum absolute atomic E-state index is 13.4. The number of carboxylic acid groups (broad SMARTS) is 1. The van der Waals surface area contributed by atoms with Gasteiger partial charge in [0, 0.05) is 11.6 Å². The van der Waals surface area contributed by atoms with Crippen molar-refractivity contribution in [3.05, 3.63) is 53.0 Å². The van der Waals surface area contributed by atoms with Gasteiger partial charge in [0.15, 0.2) is 0 Å². The number of halogens is 1. The Hall–Kier alpha value is -2.43. The lowest BCUT2D eigenvalue weighted by atomic mass is 10.2. The monoisotopic (exact) mass is 261 g/mol. The van der Waals surface area contributed by atoms with Gasteiger partial charge in [-0.25, -0.2) is 9.37 Å². The van der Waals surface area contributed by atoms with Gasteiger partial charge in [-0.15, -0.1) is 0 Å². The van der Waals surface area contributed by atoms with Crippen molar-refractivity contribution in [3.8, 4) is 0 Å². The molecule has 0 bridgehead atoms. The van der Waals surface area contributed by atoms with Crippen LogP contribution in [0, 0.1) is 12.7 Å². The first kappa shape index (κ1) is 13.0. The predicted octanol–water partition coefficient (Wildman–Crippen LogP) is 2.92. The number of carbonyl (C=O) groups is 1. The third kappa shape index (κ3) is 3.28. The normalized spacial score (nSPS) is 11.1. The van der Waals surface area contributed by atoms with E-state index in [1.807, 2.05) is 0 Å². The summed E-state index contributed by atoms with van der Waals surface area (Å²) < 4.78 is 18.7. The second-order valence-corrected chi connectivity index (χ2v) is 3.98. The molecule has 1 heterocycles. The van der Waals surface area contributed by atoms with E-state index in [0.717, 1.165) is 0 Å². The van der Waals surface area contributed by atoms with Gasteiger partial charge in [-0.05, 0) is 19.1 Å². The Bertz CT molecular complexity index is 631. The Labute approximate surface area is 109 Å². The summed E-state index contributed by atoms with van der Waals surface area (Å²) in [4.78, 5) is 14.6. The lowest BCUT2D eigenvalue weighted by molar-refractivity contribution is -0.136. The molecule has 2 rings (SSSR count). The van der Waals surface area contributed by atoms with Crippen molar-refractivity contribution < 1.29 is 18.7 Å². The molecule has 0 saturated heterocycles. The van der Waals surface area contributed by atoms with Crippen LogP contribution in [0.25, 0.3) is 12.2 Å². The highest BCUT2D eigenvalue weighted by molar-refractivity contribution is 5.70. The molecule has 98 valence electrons. The van der Waals surface area contributed by atoms with Crippen LogP contribution in [0.2, 0.25) is 0 Å². The van der Waals surface area contributed by atoms with E-state index >= 15 is 0 Å². The van der Waals surface area contributed by atoms with Gasteiger partial charge in [0.1, 0.15) is 11.6 Å². The number of oxazole rings is 1. The van der Waals surface area contributed by atoms with Gasteiger partial charge >= 0.3 is 5.97 Å². The second-order valence-electron chi connectivity index (χ2n) is 3.98. The van der Waals surface area contributed by atoms with Crippen LogP contribution in [0.5, 0.6) is 0 Å². The summed E-state index contributed by atoms with van der Waals surface area (Å²) >= 11 is 0. The first-order valence-electron chi connectivity index (χ1n) is 5.67. The quantitative estimate of drug-likeness (QED) is 0.919. The molecule has 1 aromatic carbocycles. The van der Waals surface area contributed by atoms with E-state index in [4.69, 9.17) is 9.52 Å². The van der Waals surface area contributed by atoms with Gasteiger partial charge in [0.05, 0.1) is 12.1 Å². The minimum Gasteiger partial charge on any atom is -0.481 e. The fraction of sp³-hybridized carbons (Fsp3) is 0.143. The molecule has 5 heteroatoms. The first-order chi connectivity index (χ1) is 9.06. The Morgan fingerprint density at radius 1 is 1.42 bits per heavy atom. The summed E-state index contributed by atoms with van der Waals surface area (Å²) in [6.45, 7) is 1.64. The number of nitrogens with zero attached hydrogens (tertiary/aromatic N) is 1. The molecule has 1 aromatic heterocycles. The van der Waals surface area contributed by atoms with Crippen molar-refractivity contribution in [2.24, 2.45) is 0 Å². The molecule has 0 aliphatic carbocycles. The zero-order chi connectivity index (χ0) is 13.8. The highest BCUT2D eigenvalue weighted by Gasteiger charge is 2.11. The van der Waals surface area contributed by atoms with Crippen LogP contribution in [0.15, 0.2) is 28.7 Å². The third-order valence-corrected chi connectivity index (χ3v) is 2.54. The van der Waals surface area contributed by atoms with Gasteiger partial charge in [-0.2, -0.15) is 0 Å². The average molecular weight is 261 g/mol. The van der Waals surface area contributed by atoms with E-state index in [9.17, 15) is 9.18 Å². The summed E-state index contributed by atoms with van der Waals surface area (Å²) in [6, 6.07) is 6.31. The molecular weight excluding hydrogens is 249 g/mol. The molecule has 0 unspecified atom stereocenters. The van der Waals surface area contributed by atoms with E-state index < -0.39 is 5.97 Å². The van der Waals surface area contributed by atoms with Crippen LogP contribution in [0.1, 0.15) is 22.9 Å². The topological polar surface area (TPSA) is 63.3 Å². The summed E-state index contributed by atoms with van der Waals surface area (Å²) in [7, 11) is 0. The van der Waals surface area contributed by atoms with Crippen LogP contribution in [-0.4, -0.2) is 16.1 Å². The molecule has 0 saturated carbocycles. The molecule has 0 aliphatic heterocycles. The minimum absolute atomic E-state index is 0.192. The van der Waals surface area contributed by atoms with Crippen molar-refractivity contribution in [1.82, 2.24) is 4.98 Å². The number of aryl methyl sites for hydroxylation is 1. The number of hydrogen-bond donors (Lipinski definition) is 1. The van der Waals surface area contributed by atoms with E-state index in [-0.39, 0.29) is 18.1 Å². The van der Waals surface area contributed by atoms with Crippen molar-refractivity contribution in [1.29, 1.82) is 0 Å². The van der Waals surface area contributed by atoms with Crippen LogP contribution in [-0.2, 0) is 11.2 Å². The van der Waals surface area contributed by atoms with Crippen molar-refractivity contribution in [3.63, 3.8) is 0 Å². The average Bonchev–Trinajstić information content (AvgIpc) is 2.68. The van der Waals surface area contributed by atoms with E-state index in [0.29, 0.717) is 17.0 Å². The van der Waals surface area contributed by atoms with Crippen LogP contribution >= 0.6 is 0 Å².